The maximum absolute atomic E-state index is 10.6. The number of rotatable bonds is 0. The zero-order chi connectivity index (χ0) is 10.6. The molecule has 0 aromatic rings. The Bertz CT molecular complexity index is 142. The van der Waals surface area contributed by atoms with Gasteiger partial charge >= 0.3 is 12.1 Å². The van der Waals surface area contributed by atoms with Crippen LogP contribution in [-0.2, 0) is 4.79 Å². The second kappa shape index (κ2) is 4.65. The van der Waals surface area contributed by atoms with Gasteiger partial charge in [-0.05, 0) is 5.16 Å². The molecular formula is C6H12F3O2P. The molecule has 74 valence electrons. The van der Waals surface area contributed by atoms with Gasteiger partial charge in [0, 0.05) is 0 Å². The van der Waals surface area contributed by atoms with Crippen LogP contribution in [0, 0.1) is 0 Å². The quantitative estimate of drug-likeness (QED) is 0.614. The molecule has 0 aliphatic carbocycles. The minimum absolute atomic E-state index is 0.417. The predicted octanol–water partition coefficient (Wildman–Crippen LogP) is 2.29. The molecule has 0 bridgehead atoms. The summed E-state index contributed by atoms with van der Waals surface area (Å²) in [5.74, 6) is -2.76. The zero-order valence-corrected chi connectivity index (χ0v) is 8.22. The summed E-state index contributed by atoms with van der Waals surface area (Å²) in [4.78, 5) is 8.90. The largest absolute Gasteiger partial charge is 0.490 e. The molecule has 12 heavy (non-hydrogen) atoms. The Balaban J connectivity index is 0. The Morgan fingerprint density at radius 1 is 1.25 bits per heavy atom. The summed E-state index contributed by atoms with van der Waals surface area (Å²) in [6, 6.07) is 0. The number of halogens is 3. The molecule has 0 aliphatic heterocycles. The van der Waals surface area contributed by atoms with Crippen molar-refractivity contribution in [2.45, 2.75) is 32.1 Å². The summed E-state index contributed by atoms with van der Waals surface area (Å²) in [6.07, 6.45) is -5.08. The molecule has 0 spiro atoms. The van der Waals surface area contributed by atoms with Gasteiger partial charge < -0.3 is 5.11 Å². The molecule has 0 heterocycles. The van der Waals surface area contributed by atoms with E-state index in [4.69, 9.17) is 9.90 Å². The van der Waals surface area contributed by atoms with Gasteiger partial charge in [-0.25, -0.2) is 4.79 Å². The van der Waals surface area contributed by atoms with Crippen molar-refractivity contribution < 1.29 is 23.1 Å². The fraction of sp³-hybridized carbons (Fsp3) is 0.833. The minimum Gasteiger partial charge on any atom is -0.475 e. The maximum atomic E-state index is 10.6. The molecule has 2 nitrogen and oxygen atoms in total. The summed E-state index contributed by atoms with van der Waals surface area (Å²) < 4.78 is 31.7. The molecule has 0 rings (SSSR count). The zero-order valence-electron chi connectivity index (χ0n) is 7.07. The van der Waals surface area contributed by atoms with Crippen LogP contribution in [0.4, 0.5) is 13.2 Å². The van der Waals surface area contributed by atoms with Gasteiger partial charge in [-0.1, -0.05) is 20.8 Å². The van der Waals surface area contributed by atoms with E-state index in [2.05, 4.69) is 30.0 Å². The summed E-state index contributed by atoms with van der Waals surface area (Å²) in [5, 5.41) is 7.54. The van der Waals surface area contributed by atoms with Gasteiger partial charge in [0.05, 0.1) is 0 Å². The van der Waals surface area contributed by atoms with E-state index in [1.54, 1.807) is 0 Å². The maximum Gasteiger partial charge on any atom is 0.490 e. The van der Waals surface area contributed by atoms with E-state index in [1.807, 2.05) is 0 Å². The monoisotopic (exact) mass is 204 g/mol. The van der Waals surface area contributed by atoms with Crippen molar-refractivity contribution in [1.29, 1.82) is 0 Å². The van der Waals surface area contributed by atoms with E-state index in [-0.39, 0.29) is 0 Å². The van der Waals surface area contributed by atoms with E-state index in [0.29, 0.717) is 5.16 Å². The molecule has 0 saturated heterocycles. The number of carboxylic acids is 1. The molecule has 1 N–H and O–H groups in total. The van der Waals surface area contributed by atoms with Crippen LogP contribution in [0.1, 0.15) is 20.8 Å². The van der Waals surface area contributed by atoms with Crippen molar-refractivity contribution in [3.05, 3.63) is 0 Å². The number of carbonyl (C=O) groups is 1. The lowest BCUT2D eigenvalue weighted by Gasteiger charge is -2.05. The minimum atomic E-state index is -5.08. The van der Waals surface area contributed by atoms with Crippen LogP contribution >= 0.6 is 9.24 Å². The van der Waals surface area contributed by atoms with Crippen molar-refractivity contribution in [3.8, 4) is 0 Å². The van der Waals surface area contributed by atoms with Crippen LogP contribution in [0.2, 0.25) is 0 Å². The highest BCUT2D eigenvalue weighted by Crippen LogP contribution is 2.13. The SMILES string of the molecule is CC(C)(C)P.O=C(O)C(F)(F)F. The van der Waals surface area contributed by atoms with Gasteiger partial charge in [-0.2, -0.15) is 13.2 Å². The lowest BCUT2D eigenvalue weighted by molar-refractivity contribution is -0.192. The number of hydrogen-bond acceptors (Lipinski definition) is 1. The van der Waals surface area contributed by atoms with Crippen molar-refractivity contribution >= 4 is 15.2 Å². The molecule has 0 amide bonds. The van der Waals surface area contributed by atoms with Gasteiger partial charge in [-0.3, -0.25) is 0 Å². The average Bonchev–Trinajstić information content (AvgIpc) is 1.55. The fourth-order valence-corrected chi connectivity index (χ4v) is 0. The topological polar surface area (TPSA) is 37.3 Å². The van der Waals surface area contributed by atoms with E-state index in [9.17, 15) is 13.2 Å². The second-order valence-corrected chi connectivity index (χ2v) is 4.90. The normalized spacial score (nSPS) is 11.6. The van der Waals surface area contributed by atoms with E-state index >= 15 is 0 Å². The predicted molar refractivity (Wildman–Crippen MR) is 43.2 cm³/mol. The molecule has 0 fully saturated rings. The molecule has 0 aliphatic rings. The van der Waals surface area contributed by atoms with Crippen LogP contribution in [-0.4, -0.2) is 22.4 Å². The van der Waals surface area contributed by atoms with Gasteiger partial charge in [0.15, 0.2) is 0 Å². The highest BCUT2D eigenvalue weighted by Gasteiger charge is 2.38. The van der Waals surface area contributed by atoms with Crippen LogP contribution in [0.15, 0.2) is 0 Å². The molecule has 0 radical (unpaired) electrons. The lowest BCUT2D eigenvalue weighted by Crippen LogP contribution is -2.21. The van der Waals surface area contributed by atoms with Crippen LogP contribution in [0.3, 0.4) is 0 Å². The van der Waals surface area contributed by atoms with Crippen LogP contribution in [0.5, 0.6) is 0 Å². The van der Waals surface area contributed by atoms with Gasteiger partial charge in [0.2, 0.25) is 0 Å². The Morgan fingerprint density at radius 3 is 1.33 bits per heavy atom. The van der Waals surface area contributed by atoms with E-state index in [0.717, 1.165) is 0 Å². The third-order valence-electron chi connectivity index (χ3n) is 0.243. The average molecular weight is 204 g/mol. The number of hydrogen-bond donors (Lipinski definition) is 1. The molecule has 0 aromatic heterocycles. The van der Waals surface area contributed by atoms with Crippen LogP contribution < -0.4 is 0 Å². The summed E-state index contributed by atoms with van der Waals surface area (Å²) in [5.41, 5.74) is 0. The Kier molecular flexibility index (Phi) is 5.51. The standard InChI is InChI=1S/C4H11P.C2HF3O2/c1-4(2,3)5;3-2(4,5)1(6)7/h5H2,1-3H3;(H,6,7). The number of alkyl halides is 3. The van der Waals surface area contributed by atoms with Crippen LogP contribution in [0.25, 0.3) is 0 Å². The first kappa shape index (κ1) is 14.2. The van der Waals surface area contributed by atoms with Crippen molar-refractivity contribution in [3.63, 3.8) is 0 Å². The van der Waals surface area contributed by atoms with Gasteiger partial charge in [0.1, 0.15) is 0 Å². The first-order chi connectivity index (χ1) is 4.94. The third-order valence-corrected chi connectivity index (χ3v) is 0.243. The summed E-state index contributed by atoms with van der Waals surface area (Å²) in [6.45, 7) is 6.45. The van der Waals surface area contributed by atoms with Gasteiger partial charge in [0.25, 0.3) is 0 Å². The smallest absolute Gasteiger partial charge is 0.475 e. The molecule has 0 saturated carbocycles. The fourth-order valence-electron chi connectivity index (χ4n) is 0. The lowest BCUT2D eigenvalue weighted by atomic mass is 10.3. The van der Waals surface area contributed by atoms with E-state index in [1.165, 1.54) is 0 Å². The Hall–Kier alpha value is -0.310. The van der Waals surface area contributed by atoms with Crippen molar-refractivity contribution in [2.24, 2.45) is 0 Å². The number of carboxylic acid groups (broad SMARTS) is 1. The van der Waals surface area contributed by atoms with E-state index < -0.39 is 12.1 Å². The number of aliphatic carboxylic acids is 1. The van der Waals surface area contributed by atoms with Gasteiger partial charge in [-0.15, -0.1) is 9.24 Å². The first-order valence-corrected chi connectivity index (χ1v) is 3.61. The highest BCUT2D eigenvalue weighted by molar-refractivity contribution is 7.18. The molecule has 1 unspecified atom stereocenters. The molecule has 0 aromatic carbocycles. The first-order valence-electron chi connectivity index (χ1n) is 3.03. The van der Waals surface area contributed by atoms with Crippen molar-refractivity contribution in [1.82, 2.24) is 0 Å². The van der Waals surface area contributed by atoms with Crippen molar-refractivity contribution in [2.75, 3.05) is 0 Å². The molecule has 1 atom stereocenters. The third kappa shape index (κ3) is 22.6. The second-order valence-electron chi connectivity index (χ2n) is 3.17. The molecule has 6 heteroatoms. The highest BCUT2D eigenvalue weighted by atomic mass is 31.0. The summed E-state index contributed by atoms with van der Waals surface area (Å²) in [7, 11) is 2.72. The Morgan fingerprint density at radius 2 is 1.33 bits per heavy atom. The Labute approximate surface area is 71.4 Å². The molecular weight excluding hydrogens is 192 g/mol. The summed E-state index contributed by atoms with van der Waals surface area (Å²) >= 11 is 0.